The molecule has 4 rings (SSSR count). The van der Waals surface area contributed by atoms with E-state index in [2.05, 4.69) is 22.4 Å². The van der Waals surface area contributed by atoms with Crippen molar-refractivity contribution in [2.24, 2.45) is 23.7 Å². The van der Waals surface area contributed by atoms with E-state index in [0.29, 0.717) is 0 Å². The number of aromatic nitrogens is 1. The third-order valence-corrected chi connectivity index (χ3v) is 5.65. The molecule has 2 nitrogen and oxygen atoms in total. The normalized spacial score (nSPS) is 43.2. The van der Waals surface area contributed by atoms with Crippen LogP contribution in [0.1, 0.15) is 37.8 Å². The number of hydrogen-bond acceptors (Lipinski definition) is 1. The molecule has 2 heteroatoms. The highest BCUT2D eigenvalue weighted by atomic mass is 15.0. The van der Waals surface area contributed by atoms with E-state index >= 15 is 0 Å². The molecular formula is C15H22N2. The molecule has 3 aliphatic rings. The molecule has 0 radical (unpaired) electrons. The van der Waals surface area contributed by atoms with Crippen LogP contribution in [0.4, 0.5) is 0 Å². The maximum Gasteiger partial charge on any atom is 0.0359 e. The van der Waals surface area contributed by atoms with E-state index in [9.17, 15) is 0 Å². The summed E-state index contributed by atoms with van der Waals surface area (Å²) >= 11 is 0. The highest BCUT2D eigenvalue weighted by Crippen LogP contribution is 2.58. The second-order valence-electron chi connectivity index (χ2n) is 6.34. The molecule has 3 fully saturated rings. The molecule has 0 aromatic carbocycles. The molecule has 17 heavy (non-hydrogen) atoms. The van der Waals surface area contributed by atoms with Crippen LogP contribution in [0, 0.1) is 23.7 Å². The van der Waals surface area contributed by atoms with Gasteiger partial charge >= 0.3 is 0 Å². The van der Waals surface area contributed by atoms with Gasteiger partial charge in [0.1, 0.15) is 0 Å². The molecule has 2 N–H and O–H groups in total. The molecule has 5 atom stereocenters. The number of hydrogen-bond donors (Lipinski definition) is 2. The fourth-order valence-electron chi connectivity index (χ4n) is 5.02. The molecule has 1 aromatic heterocycles. The van der Waals surface area contributed by atoms with Gasteiger partial charge < -0.3 is 10.3 Å². The first-order valence-corrected chi connectivity index (χ1v) is 7.27. The van der Waals surface area contributed by atoms with Gasteiger partial charge in [0.15, 0.2) is 0 Å². The summed E-state index contributed by atoms with van der Waals surface area (Å²) < 4.78 is 0. The van der Waals surface area contributed by atoms with Crippen molar-refractivity contribution in [1.29, 1.82) is 0 Å². The van der Waals surface area contributed by atoms with E-state index in [-0.39, 0.29) is 0 Å². The zero-order valence-corrected chi connectivity index (χ0v) is 10.4. The van der Waals surface area contributed by atoms with Crippen LogP contribution in [-0.4, -0.2) is 11.0 Å². The second-order valence-corrected chi connectivity index (χ2v) is 6.34. The Kier molecular flexibility index (Phi) is 2.32. The van der Waals surface area contributed by atoms with Crippen LogP contribution in [0.2, 0.25) is 0 Å². The molecule has 0 unspecified atom stereocenters. The average molecular weight is 230 g/mol. The third kappa shape index (κ3) is 1.57. The van der Waals surface area contributed by atoms with Crippen molar-refractivity contribution in [3.8, 4) is 0 Å². The van der Waals surface area contributed by atoms with E-state index < -0.39 is 0 Å². The Morgan fingerprint density at radius 2 is 2.12 bits per heavy atom. The number of rotatable bonds is 3. The molecular weight excluding hydrogens is 208 g/mol. The van der Waals surface area contributed by atoms with Crippen LogP contribution in [-0.2, 0) is 6.54 Å². The Morgan fingerprint density at radius 1 is 1.18 bits per heavy atom. The first-order valence-electron chi connectivity index (χ1n) is 7.27. The molecule has 0 aliphatic heterocycles. The van der Waals surface area contributed by atoms with Crippen LogP contribution < -0.4 is 5.32 Å². The molecule has 0 saturated heterocycles. The van der Waals surface area contributed by atoms with Gasteiger partial charge in [-0.15, -0.1) is 0 Å². The molecule has 92 valence electrons. The van der Waals surface area contributed by atoms with Gasteiger partial charge in [-0.2, -0.15) is 0 Å². The summed E-state index contributed by atoms with van der Waals surface area (Å²) in [6.45, 7) is 1.03. The second kappa shape index (κ2) is 3.88. The van der Waals surface area contributed by atoms with Gasteiger partial charge in [-0.3, -0.25) is 0 Å². The lowest BCUT2D eigenvalue weighted by Crippen LogP contribution is -2.38. The maximum absolute atomic E-state index is 3.80. The van der Waals surface area contributed by atoms with Crippen LogP contribution in [0.15, 0.2) is 18.3 Å². The SMILES string of the molecule is c1c[nH]c(CN[C@@H]2C[C@@H]3C[C@H]2[C@@H]2CCC[C@H]32)c1. The monoisotopic (exact) mass is 230 g/mol. The summed E-state index contributed by atoms with van der Waals surface area (Å²) in [5.74, 6) is 4.26. The topological polar surface area (TPSA) is 27.8 Å². The van der Waals surface area contributed by atoms with Crippen molar-refractivity contribution in [1.82, 2.24) is 10.3 Å². The Balaban J connectivity index is 1.41. The van der Waals surface area contributed by atoms with Crippen LogP contribution in [0.25, 0.3) is 0 Å². The van der Waals surface area contributed by atoms with Gasteiger partial charge in [0.05, 0.1) is 0 Å². The molecule has 3 aliphatic carbocycles. The summed E-state index contributed by atoms with van der Waals surface area (Å²) in [4.78, 5) is 3.29. The van der Waals surface area contributed by atoms with E-state index in [0.717, 1.165) is 36.3 Å². The van der Waals surface area contributed by atoms with E-state index in [4.69, 9.17) is 0 Å². The minimum atomic E-state index is 0.808. The van der Waals surface area contributed by atoms with Gasteiger partial charge in [-0.1, -0.05) is 6.42 Å². The Bertz CT molecular complexity index is 384. The summed E-state index contributed by atoms with van der Waals surface area (Å²) in [5, 5.41) is 3.80. The zero-order chi connectivity index (χ0) is 11.2. The maximum atomic E-state index is 3.80. The van der Waals surface area contributed by atoms with Crippen molar-refractivity contribution < 1.29 is 0 Å². The first-order chi connectivity index (χ1) is 8.42. The summed E-state index contributed by atoms with van der Waals surface area (Å²) in [6.07, 6.45) is 9.56. The van der Waals surface area contributed by atoms with Crippen molar-refractivity contribution in [3.63, 3.8) is 0 Å². The molecule has 1 aromatic rings. The van der Waals surface area contributed by atoms with Crippen LogP contribution in [0.3, 0.4) is 0 Å². The Morgan fingerprint density at radius 3 is 3.00 bits per heavy atom. The molecule has 0 amide bonds. The lowest BCUT2D eigenvalue weighted by molar-refractivity contribution is 0.207. The Labute approximate surface area is 103 Å². The fourth-order valence-corrected chi connectivity index (χ4v) is 5.02. The quantitative estimate of drug-likeness (QED) is 0.821. The van der Waals surface area contributed by atoms with E-state index in [1.165, 1.54) is 37.8 Å². The lowest BCUT2D eigenvalue weighted by atomic mass is 9.79. The van der Waals surface area contributed by atoms with Crippen molar-refractivity contribution in [3.05, 3.63) is 24.0 Å². The number of H-pyrrole nitrogens is 1. The fraction of sp³-hybridized carbons (Fsp3) is 0.733. The van der Waals surface area contributed by atoms with Gasteiger partial charge in [0, 0.05) is 24.5 Å². The molecule has 0 spiro atoms. The lowest BCUT2D eigenvalue weighted by Gasteiger charge is -2.32. The third-order valence-electron chi connectivity index (χ3n) is 5.65. The Hall–Kier alpha value is -0.760. The predicted molar refractivity (Wildman–Crippen MR) is 68.5 cm³/mol. The first kappa shape index (κ1) is 10.2. The summed E-state index contributed by atoms with van der Waals surface area (Å²) in [6, 6.07) is 5.08. The highest BCUT2D eigenvalue weighted by molar-refractivity contribution is 5.07. The van der Waals surface area contributed by atoms with Gasteiger partial charge in [0.25, 0.3) is 0 Å². The number of aromatic amines is 1. The van der Waals surface area contributed by atoms with E-state index in [1.54, 1.807) is 0 Å². The van der Waals surface area contributed by atoms with Gasteiger partial charge in [-0.25, -0.2) is 0 Å². The standard InChI is InChI=1S/C15H22N2/c1-4-12-10-7-14(13(12)5-1)15(8-10)17-9-11-3-2-6-16-11/h2-3,6,10,12-17H,1,4-5,7-9H2/t10-,12+,13+,14-,15+/m0/s1. The molecule has 1 heterocycles. The van der Waals surface area contributed by atoms with Crippen molar-refractivity contribution in [2.75, 3.05) is 0 Å². The summed E-state index contributed by atoms with van der Waals surface area (Å²) in [5.41, 5.74) is 1.33. The van der Waals surface area contributed by atoms with Crippen LogP contribution >= 0.6 is 0 Å². The number of fused-ring (bicyclic) bond motifs is 5. The van der Waals surface area contributed by atoms with Gasteiger partial charge in [-0.05, 0) is 61.5 Å². The predicted octanol–water partition coefficient (Wildman–Crippen LogP) is 2.93. The largest absolute Gasteiger partial charge is 0.364 e. The molecule has 2 bridgehead atoms. The van der Waals surface area contributed by atoms with E-state index in [1.807, 2.05) is 6.20 Å². The number of nitrogens with one attached hydrogen (secondary N) is 2. The average Bonchev–Trinajstić information content (AvgIpc) is 3.08. The molecule has 3 saturated carbocycles. The smallest absolute Gasteiger partial charge is 0.0359 e. The minimum absolute atomic E-state index is 0.808. The van der Waals surface area contributed by atoms with Crippen molar-refractivity contribution in [2.45, 2.75) is 44.7 Å². The highest BCUT2D eigenvalue weighted by Gasteiger charge is 2.53. The minimum Gasteiger partial charge on any atom is -0.364 e. The zero-order valence-electron chi connectivity index (χ0n) is 10.4. The van der Waals surface area contributed by atoms with Crippen molar-refractivity contribution >= 4 is 0 Å². The van der Waals surface area contributed by atoms with Gasteiger partial charge in [0.2, 0.25) is 0 Å². The van der Waals surface area contributed by atoms with Crippen LogP contribution in [0.5, 0.6) is 0 Å². The summed E-state index contributed by atoms with van der Waals surface area (Å²) in [7, 11) is 0.